The zero-order chi connectivity index (χ0) is 40.3. The van der Waals surface area contributed by atoms with Crippen molar-refractivity contribution in [3.8, 4) is 44.5 Å². The van der Waals surface area contributed by atoms with Gasteiger partial charge in [0, 0.05) is 44.1 Å². The SMILES string of the molecule is CC1(C)c2cc3c(cc2-c2c(N(c4ccc(-c5ccccc5)cc4)c4ccc(-c5cccc6c5oc5ccccc56)cc4)cccc21)C(C)(C)c1ccc2ccccc2c1-3. The predicted octanol–water partition coefficient (Wildman–Crippen LogP) is 16.2. The van der Waals surface area contributed by atoms with E-state index in [0.29, 0.717) is 0 Å². The van der Waals surface area contributed by atoms with Crippen molar-refractivity contribution in [3.05, 3.63) is 210 Å². The summed E-state index contributed by atoms with van der Waals surface area (Å²) in [7, 11) is 0. The summed E-state index contributed by atoms with van der Waals surface area (Å²) in [5.41, 5.74) is 20.4. The topological polar surface area (TPSA) is 16.4 Å². The van der Waals surface area contributed by atoms with E-state index in [-0.39, 0.29) is 10.8 Å². The van der Waals surface area contributed by atoms with E-state index in [4.69, 9.17) is 4.42 Å². The Balaban J connectivity index is 1.05. The van der Waals surface area contributed by atoms with Gasteiger partial charge in [-0.1, -0.05) is 167 Å². The Labute approximate surface area is 351 Å². The quantitative estimate of drug-likeness (QED) is 0.173. The minimum atomic E-state index is -0.203. The third kappa shape index (κ3) is 4.94. The van der Waals surface area contributed by atoms with Crippen LogP contribution in [0.3, 0.4) is 0 Å². The van der Waals surface area contributed by atoms with E-state index in [1.54, 1.807) is 0 Å². The standard InChI is InChI=1S/C58H43NO/c1-57(2)48-21-13-22-52(55(48)47-35-50-46(34-51(47)57)54-42-17-9-8-16-38(42)28-33-49(54)58(50,3)4)59(40-29-24-37(25-30-40)36-14-6-5-7-15-36)41-31-26-39(27-32-41)43-19-12-20-45-44-18-10-11-23-53(44)60-56(43)45/h5-35H,1-4H3. The second-order valence-electron chi connectivity index (χ2n) is 17.7. The highest BCUT2D eigenvalue weighted by molar-refractivity contribution is 6.10. The first-order valence-corrected chi connectivity index (χ1v) is 21.1. The fourth-order valence-corrected chi connectivity index (χ4v) is 10.6. The highest BCUT2D eigenvalue weighted by atomic mass is 16.3. The summed E-state index contributed by atoms with van der Waals surface area (Å²) in [6, 6.07) is 69.1. The maximum atomic E-state index is 6.48. The molecule has 0 spiro atoms. The molecule has 1 aromatic heterocycles. The van der Waals surface area contributed by atoms with Crippen molar-refractivity contribution >= 4 is 49.8 Å². The average molecular weight is 770 g/mol. The number of furan rings is 1. The number of fused-ring (bicyclic) bond motifs is 11. The number of anilines is 3. The molecule has 0 bridgehead atoms. The molecule has 1 heterocycles. The second-order valence-corrected chi connectivity index (χ2v) is 17.7. The van der Waals surface area contributed by atoms with Gasteiger partial charge in [0.2, 0.25) is 0 Å². The van der Waals surface area contributed by atoms with Crippen molar-refractivity contribution in [2.75, 3.05) is 4.90 Å². The van der Waals surface area contributed by atoms with Crippen LogP contribution in [-0.4, -0.2) is 0 Å². The smallest absolute Gasteiger partial charge is 0.143 e. The van der Waals surface area contributed by atoms with Gasteiger partial charge in [-0.25, -0.2) is 0 Å². The zero-order valence-corrected chi connectivity index (χ0v) is 34.3. The fourth-order valence-electron chi connectivity index (χ4n) is 10.6. The summed E-state index contributed by atoms with van der Waals surface area (Å²) in [6.07, 6.45) is 0. The van der Waals surface area contributed by atoms with Crippen molar-refractivity contribution < 1.29 is 4.42 Å². The minimum absolute atomic E-state index is 0.142. The molecule has 2 heteroatoms. The van der Waals surface area contributed by atoms with Gasteiger partial charge in [-0.2, -0.15) is 0 Å². The van der Waals surface area contributed by atoms with E-state index in [2.05, 4.69) is 215 Å². The minimum Gasteiger partial charge on any atom is -0.455 e. The Kier molecular flexibility index (Phi) is 7.36. The van der Waals surface area contributed by atoms with Gasteiger partial charge in [0.05, 0.1) is 5.69 Å². The normalized spacial score (nSPS) is 14.3. The molecule has 0 unspecified atom stereocenters. The molecule has 286 valence electrons. The van der Waals surface area contributed by atoms with Crippen molar-refractivity contribution in [1.29, 1.82) is 0 Å². The summed E-state index contributed by atoms with van der Waals surface area (Å²) in [4.78, 5) is 2.46. The highest BCUT2D eigenvalue weighted by Crippen LogP contribution is 2.59. The molecule has 0 atom stereocenters. The molecule has 0 fully saturated rings. The van der Waals surface area contributed by atoms with Gasteiger partial charge in [-0.15, -0.1) is 0 Å². The molecule has 0 N–H and O–H groups in total. The molecule has 2 nitrogen and oxygen atoms in total. The number of benzene rings is 9. The van der Waals surface area contributed by atoms with Crippen molar-refractivity contribution in [2.45, 2.75) is 38.5 Å². The van der Waals surface area contributed by atoms with Gasteiger partial charge < -0.3 is 9.32 Å². The van der Waals surface area contributed by atoms with Crippen LogP contribution in [0.25, 0.3) is 77.2 Å². The summed E-state index contributed by atoms with van der Waals surface area (Å²) in [6.45, 7) is 9.62. The van der Waals surface area contributed by atoms with Crippen LogP contribution in [0, 0.1) is 0 Å². The number of rotatable bonds is 5. The third-order valence-corrected chi connectivity index (χ3v) is 13.7. The molecule has 10 aromatic rings. The number of hydrogen-bond acceptors (Lipinski definition) is 2. The molecular formula is C58H43NO. The average Bonchev–Trinajstić information content (AvgIpc) is 3.86. The predicted molar refractivity (Wildman–Crippen MR) is 252 cm³/mol. The van der Waals surface area contributed by atoms with E-state index in [1.807, 2.05) is 6.07 Å². The third-order valence-electron chi connectivity index (χ3n) is 13.7. The van der Waals surface area contributed by atoms with Crippen molar-refractivity contribution in [2.24, 2.45) is 0 Å². The first kappa shape index (κ1) is 34.8. The Hall–Kier alpha value is -7.16. The van der Waals surface area contributed by atoms with E-state index in [0.717, 1.165) is 44.4 Å². The molecule has 0 aliphatic heterocycles. The van der Waals surface area contributed by atoms with E-state index in [1.165, 1.54) is 72.1 Å². The number of nitrogens with zero attached hydrogens (tertiary/aromatic N) is 1. The lowest BCUT2D eigenvalue weighted by atomic mass is 9.79. The highest BCUT2D eigenvalue weighted by Gasteiger charge is 2.43. The van der Waals surface area contributed by atoms with Crippen LogP contribution in [-0.2, 0) is 10.8 Å². The van der Waals surface area contributed by atoms with Crippen LogP contribution in [0.15, 0.2) is 192 Å². The van der Waals surface area contributed by atoms with Crippen LogP contribution < -0.4 is 4.90 Å². The number of hydrogen-bond donors (Lipinski definition) is 0. The van der Waals surface area contributed by atoms with Crippen LogP contribution in [0.5, 0.6) is 0 Å². The first-order chi connectivity index (χ1) is 29.3. The second kappa shape index (κ2) is 12.7. The van der Waals surface area contributed by atoms with E-state index in [9.17, 15) is 0 Å². The summed E-state index contributed by atoms with van der Waals surface area (Å²) in [5.74, 6) is 0. The molecule has 12 rings (SSSR count). The lowest BCUT2D eigenvalue weighted by molar-refractivity contribution is 0.652. The Morgan fingerprint density at radius 1 is 0.383 bits per heavy atom. The van der Waals surface area contributed by atoms with Crippen molar-refractivity contribution in [3.63, 3.8) is 0 Å². The molecule has 9 aromatic carbocycles. The summed E-state index contributed by atoms with van der Waals surface area (Å²) < 4.78 is 6.48. The van der Waals surface area contributed by atoms with Crippen molar-refractivity contribution in [1.82, 2.24) is 0 Å². The molecular weight excluding hydrogens is 727 g/mol. The van der Waals surface area contributed by atoms with Gasteiger partial charge in [-0.05, 0) is 115 Å². The lowest BCUT2D eigenvalue weighted by Crippen LogP contribution is -2.17. The maximum Gasteiger partial charge on any atom is 0.143 e. The fraction of sp³-hybridized carbons (Fsp3) is 0.103. The number of para-hydroxylation sites is 2. The zero-order valence-electron chi connectivity index (χ0n) is 34.3. The van der Waals surface area contributed by atoms with Gasteiger partial charge >= 0.3 is 0 Å². The van der Waals surface area contributed by atoms with Gasteiger partial charge in [-0.3, -0.25) is 0 Å². The molecule has 60 heavy (non-hydrogen) atoms. The van der Waals surface area contributed by atoms with Gasteiger partial charge in [0.1, 0.15) is 11.2 Å². The van der Waals surface area contributed by atoms with Gasteiger partial charge in [0.25, 0.3) is 0 Å². The molecule has 2 aliphatic rings. The lowest BCUT2D eigenvalue weighted by Gasteiger charge is -2.29. The van der Waals surface area contributed by atoms with Gasteiger partial charge in [0.15, 0.2) is 0 Å². The Bertz CT molecular complexity index is 3350. The Morgan fingerprint density at radius 3 is 1.68 bits per heavy atom. The van der Waals surface area contributed by atoms with Crippen LogP contribution in [0.1, 0.15) is 49.9 Å². The van der Waals surface area contributed by atoms with E-state index < -0.39 is 0 Å². The van der Waals surface area contributed by atoms with Crippen LogP contribution in [0.2, 0.25) is 0 Å². The molecule has 2 aliphatic carbocycles. The summed E-state index contributed by atoms with van der Waals surface area (Å²) in [5, 5.41) is 4.91. The Morgan fingerprint density at radius 2 is 0.950 bits per heavy atom. The molecule has 0 amide bonds. The first-order valence-electron chi connectivity index (χ1n) is 21.1. The van der Waals surface area contributed by atoms with E-state index >= 15 is 0 Å². The molecule has 0 saturated heterocycles. The summed E-state index contributed by atoms with van der Waals surface area (Å²) >= 11 is 0. The maximum absolute atomic E-state index is 6.48. The molecule has 0 radical (unpaired) electrons. The largest absolute Gasteiger partial charge is 0.455 e. The van der Waals surface area contributed by atoms with Crippen LogP contribution >= 0.6 is 0 Å². The monoisotopic (exact) mass is 769 g/mol. The molecule has 0 saturated carbocycles. The van der Waals surface area contributed by atoms with Crippen LogP contribution in [0.4, 0.5) is 17.1 Å².